The standard InChI is InChI=1S/C17H17F3N4OS/c18-17(19,20)16(25)12-6-2-1-3-7-13(12)23-24(16)15-22-14(10-26-15)11-5-4-8-21-9-11/h4-5,8-10,12,25H,1-3,6-7H2/t12-,16-/m1/s1. The molecule has 5 nitrogen and oxygen atoms in total. The molecule has 4 rings (SSSR count). The number of hydrazone groups is 1. The van der Waals surface area contributed by atoms with E-state index >= 15 is 0 Å². The first-order valence-electron chi connectivity index (χ1n) is 8.44. The topological polar surface area (TPSA) is 61.6 Å². The summed E-state index contributed by atoms with van der Waals surface area (Å²) in [6, 6.07) is 3.51. The lowest BCUT2D eigenvalue weighted by molar-refractivity contribution is -0.268. The normalized spacial score (nSPS) is 26.4. The van der Waals surface area contributed by atoms with Gasteiger partial charge in [0.05, 0.1) is 11.6 Å². The van der Waals surface area contributed by atoms with Gasteiger partial charge in [-0.15, -0.1) is 11.3 Å². The zero-order valence-electron chi connectivity index (χ0n) is 13.8. The highest BCUT2D eigenvalue weighted by Gasteiger charge is 2.67. The average molecular weight is 382 g/mol. The number of nitrogens with zero attached hydrogens (tertiary/aromatic N) is 4. The predicted octanol–water partition coefficient (Wildman–Crippen LogP) is 4.21. The minimum atomic E-state index is -4.84. The van der Waals surface area contributed by atoms with Crippen molar-refractivity contribution in [3.05, 3.63) is 29.9 Å². The second kappa shape index (κ2) is 6.31. The molecular weight excluding hydrogens is 365 g/mol. The SMILES string of the molecule is O[C@@]1(C(F)(F)F)[C@@H]2CCCCCC2=NN1c1nc(-c2cccnc2)cs1. The van der Waals surface area contributed by atoms with Crippen LogP contribution < -0.4 is 5.01 Å². The van der Waals surface area contributed by atoms with Crippen molar-refractivity contribution in [2.24, 2.45) is 11.0 Å². The first kappa shape index (κ1) is 17.4. The van der Waals surface area contributed by atoms with Gasteiger partial charge in [0, 0.05) is 29.0 Å². The van der Waals surface area contributed by atoms with E-state index in [0.717, 1.165) is 24.2 Å². The molecule has 138 valence electrons. The minimum Gasteiger partial charge on any atom is -0.362 e. The van der Waals surface area contributed by atoms with E-state index in [-0.39, 0.29) is 11.6 Å². The zero-order valence-corrected chi connectivity index (χ0v) is 14.6. The van der Waals surface area contributed by atoms with E-state index in [1.165, 1.54) is 0 Å². The van der Waals surface area contributed by atoms with Crippen LogP contribution in [0.1, 0.15) is 32.1 Å². The molecule has 26 heavy (non-hydrogen) atoms. The van der Waals surface area contributed by atoms with Crippen LogP contribution in [0, 0.1) is 5.92 Å². The lowest BCUT2D eigenvalue weighted by atomic mass is 9.87. The molecule has 2 aromatic rings. The summed E-state index contributed by atoms with van der Waals surface area (Å²) in [6.07, 6.45) is 1.39. The minimum absolute atomic E-state index is 0.0317. The number of hydrogen-bond acceptors (Lipinski definition) is 6. The third-order valence-corrected chi connectivity index (χ3v) is 5.73. The van der Waals surface area contributed by atoms with Crippen molar-refractivity contribution >= 4 is 22.2 Å². The highest BCUT2D eigenvalue weighted by atomic mass is 32.1. The molecule has 1 aliphatic heterocycles. The molecule has 0 radical (unpaired) electrons. The van der Waals surface area contributed by atoms with Gasteiger partial charge in [-0.25, -0.2) is 4.98 Å². The first-order chi connectivity index (χ1) is 12.4. The number of alkyl halides is 3. The van der Waals surface area contributed by atoms with E-state index in [1.54, 1.807) is 29.9 Å². The Kier molecular flexibility index (Phi) is 4.23. The van der Waals surface area contributed by atoms with Crippen LogP contribution in [-0.2, 0) is 0 Å². The lowest BCUT2D eigenvalue weighted by Crippen LogP contribution is -2.60. The Hall–Kier alpha value is -2.00. The van der Waals surface area contributed by atoms with Gasteiger partial charge in [-0.3, -0.25) is 4.98 Å². The monoisotopic (exact) mass is 382 g/mol. The van der Waals surface area contributed by atoms with Gasteiger partial charge in [0.1, 0.15) is 0 Å². The van der Waals surface area contributed by atoms with Crippen molar-refractivity contribution in [1.82, 2.24) is 9.97 Å². The van der Waals surface area contributed by atoms with Gasteiger partial charge >= 0.3 is 6.18 Å². The Morgan fingerprint density at radius 2 is 2.12 bits per heavy atom. The quantitative estimate of drug-likeness (QED) is 0.845. The van der Waals surface area contributed by atoms with Gasteiger partial charge in [0.25, 0.3) is 5.72 Å². The van der Waals surface area contributed by atoms with Crippen LogP contribution in [0.5, 0.6) is 0 Å². The molecule has 2 aromatic heterocycles. The third-order valence-electron chi connectivity index (χ3n) is 4.91. The molecule has 0 aromatic carbocycles. The second-order valence-electron chi connectivity index (χ2n) is 6.54. The summed E-state index contributed by atoms with van der Waals surface area (Å²) in [5, 5.41) is 17.3. The van der Waals surface area contributed by atoms with Crippen molar-refractivity contribution in [1.29, 1.82) is 0 Å². The van der Waals surface area contributed by atoms with Crippen molar-refractivity contribution in [2.45, 2.75) is 44.0 Å². The van der Waals surface area contributed by atoms with Crippen molar-refractivity contribution in [2.75, 3.05) is 5.01 Å². The molecule has 0 amide bonds. The van der Waals surface area contributed by atoms with Gasteiger partial charge in [-0.1, -0.05) is 12.8 Å². The molecule has 1 saturated carbocycles. The van der Waals surface area contributed by atoms with Crippen LogP contribution in [0.4, 0.5) is 18.3 Å². The van der Waals surface area contributed by atoms with E-state index < -0.39 is 17.8 Å². The van der Waals surface area contributed by atoms with Crippen molar-refractivity contribution in [3.8, 4) is 11.3 Å². The maximum Gasteiger partial charge on any atom is 0.439 e. The lowest BCUT2D eigenvalue weighted by Gasteiger charge is -2.37. The van der Waals surface area contributed by atoms with Gasteiger partial charge in [-0.05, 0) is 31.4 Å². The molecule has 1 aliphatic carbocycles. The zero-order chi connectivity index (χ0) is 18.4. The average Bonchev–Trinajstić information content (AvgIpc) is 3.12. The Bertz CT molecular complexity index is 823. The Morgan fingerprint density at radius 1 is 1.27 bits per heavy atom. The highest BCUT2D eigenvalue weighted by molar-refractivity contribution is 7.14. The van der Waals surface area contributed by atoms with Crippen molar-refractivity contribution < 1.29 is 18.3 Å². The summed E-state index contributed by atoms with van der Waals surface area (Å²) in [7, 11) is 0. The molecule has 1 N–H and O–H groups in total. The van der Waals surface area contributed by atoms with Crippen LogP contribution in [-0.4, -0.2) is 32.7 Å². The van der Waals surface area contributed by atoms with Gasteiger partial charge < -0.3 is 5.11 Å². The fourth-order valence-electron chi connectivity index (χ4n) is 3.59. The van der Waals surface area contributed by atoms with E-state index in [0.29, 0.717) is 34.8 Å². The van der Waals surface area contributed by atoms with Gasteiger partial charge in [0.15, 0.2) is 0 Å². The number of hydrogen-bond donors (Lipinski definition) is 1. The maximum atomic E-state index is 13.9. The number of fused-ring (bicyclic) bond motifs is 1. The first-order valence-corrected chi connectivity index (χ1v) is 9.32. The highest BCUT2D eigenvalue weighted by Crippen LogP contribution is 2.49. The molecule has 0 spiro atoms. The molecule has 1 fully saturated rings. The summed E-state index contributed by atoms with van der Waals surface area (Å²) in [4.78, 5) is 8.29. The van der Waals surface area contributed by atoms with E-state index in [1.807, 2.05) is 0 Å². The molecule has 2 aliphatic rings. The van der Waals surface area contributed by atoms with E-state index in [4.69, 9.17) is 0 Å². The van der Waals surface area contributed by atoms with Crippen LogP contribution in [0.3, 0.4) is 0 Å². The van der Waals surface area contributed by atoms with Crippen molar-refractivity contribution in [3.63, 3.8) is 0 Å². The Morgan fingerprint density at radius 3 is 2.85 bits per heavy atom. The molecule has 3 heterocycles. The molecule has 0 unspecified atom stereocenters. The van der Waals surface area contributed by atoms with E-state index in [2.05, 4.69) is 15.1 Å². The smallest absolute Gasteiger partial charge is 0.362 e. The maximum absolute atomic E-state index is 13.9. The molecule has 0 saturated heterocycles. The Balaban J connectivity index is 1.76. The summed E-state index contributed by atoms with van der Waals surface area (Å²) in [5.74, 6) is -1.05. The van der Waals surface area contributed by atoms with Crippen LogP contribution >= 0.6 is 11.3 Å². The predicted molar refractivity (Wildman–Crippen MR) is 92.8 cm³/mol. The molecule has 9 heteroatoms. The number of aromatic nitrogens is 2. The molecular formula is C17H17F3N4OS. The largest absolute Gasteiger partial charge is 0.439 e. The van der Waals surface area contributed by atoms with Gasteiger partial charge in [-0.2, -0.15) is 23.3 Å². The number of pyridine rings is 1. The number of anilines is 1. The fraction of sp³-hybridized carbons (Fsp3) is 0.471. The summed E-state index contributed by atoms with van der Waals surface area (Å²) >= 11 is 1.03. The van der Waals surface area contributed by atoms with Crippen LogP contribution in [0.25, 0.3) is 11.3 Å². The van der Waals surface area contributed by atoms with Gasteiger partial charge in [0.2, 0.25) is 5.13 Å². The summed E-state index contributed by atoms with van der Waals surface area (Å²) in [6.45, 7) is 0. The number of halogens is 3. The van der Waals surface area contributed by atoms with E-state index in [9.17, 15) is 18.3 Å². The second-order valence-corrected chi connectivity index (χ2v) is 7.37. The summed E-state index contributed by atoms with van der Waals surface area (Å²) in [5.41, 5.74) is -1.42. The third kappa shape index (κ3) is 2.69. The van der Waals surface area contributed by atoms with Crippen LogP contribution in [0.2, 0.25) is 0 Å². The number of rotatable bonds is 2. The fourth-order valence-corrected chi connectivity index (χ4v) is 4.43. The summed E-state index contributed by atoms with van der Waals surface area (Å²) < 4.78 is 41.7. The number of aliphatic hydroxyl groups is 1. The Labute approximate surface area is 152 Å². The molecule has 0 bridgehead atoms. The van der Waals surface area contributed by atoms with Crippen LogP contribution in [0.15, 0.2) is 35.0 Å². The number of thiazole rings is 1. The molecule has 2 atom stereocenters.